The van der Waals surface area contributed by atoms with Crippen LogP contribution in [0.25, 0.3) is 11.5 Å². The van der Waals surface area contributed by atoms with Crippen molar-refractivity contribution in [2.24, 2.45) is 9.85 Å². The van der Waals surface area contributed by atoms with Crippen molar-refractivity contribution >= 4 is 25.0 Å². The van der Waals surface area contributed by atoms with Gasteiger partial charge in [-0.25, -0.2) is 0 Å². The van der Waals surface area contributed by atoms with E-state index in [0.717, 1.165) is 16.7 Å². The summed E-state index contributed by atoms with van der Waals surface area (Å²) in [6, 6.07) is 29.8. The standard InChI is InChI=1S/C22H18N3O2P/c1-25-23-22(19-15-9-4-10-16-19)24-28(25)26-20(17-11-5-2-6-12-17)21(27-28)18-13-7-3-8-14-18/h2-16H,1H3. The smallest absolute Gasteiger partial charge is 0.409 e. The van der Waals surface area contributed by atoms with Crippen molar-refractivity contribution in [3.63, 3.8) is 0 Å². The van der Waals surface area contributed by atoms with Gasteiger partial charge in [0.2, 0.25) is 0 Å². The van der Waals surface area contributed by atoms with Crippen molar-refractivity contribution in [2.75, 3.05) is 7.05 Å². The maximum absolute atomic E-state index is 6.44. The number of rotatable bonds is 3. The first-order chi connectivity index (χ1) is 13.8. The summed E-state index contributed by atoms with van der Waals surface area (Å²) in [6.07, 6.45) is 0. The first kappa shape index (κ1) is 16.8. The molecule has 0 N–H and O–H groups in total. The van der Waals surface area contributed by atoms with Crippen molar-refractivity contribution in [1.29, 1.82) is 0 Å². The molecule has 3 aromatic rings. The summed E-state index contributed by atoms with van der Waals surface area (Å²) in [6.45, 7) is 0. The molecule has 5 nitrogen and oxygen atoms in total. The fraction of sp³-hybridized carbons (Fsp3) is 0.0455. The van der Waals surface area contributed by atoms with Crippen molar-refractivity contribution in [1.82, 2.24) is 4.78 Å². The Kier molecular flexibility index (Phi) is 4.03. The predicted molar refractivity (Wildman–Crippen MR) is 112 cm³/mol. The van der Waals surface area contributed by atoms with Gasteiger partial charge < -0.3 is 9.05 Å². The first-order valence-electron chi connectivity index (χ1n) is 9.00. The second kappa shape index (κ2) is 6.70. The Labute approximate surface area is 163 Å². The van der Waals surface area contributed by atoms with E-state index in [9.17, 15) is 0 Å². The minimum atomic E-state index is -2.77. The molecule has 2 aliphatic heterocycles. The van der Waals surface area contributed by atoms with Crippen LogP contribution in [-0.4, -0.2) is 17.7 Å². The lowest BCUT2D eigenvalue weighted by molar-refractivity contribution is 0.393. The highest BCUT2D eigenvalue weighted by atomic mass is 31.2. The van der Waals surface area contributed by atoms with Crippen LogP contribution < -0.4 is 0 Å². The molecule has 0 fully saturated rings. The van der Waals surface area contributed by atoms with Crippen molar-refractivity contribution in [3.8, 4) is 0 Å². The van der Waals surface area contributed by atoms with E-state index < -0.39 is 7.66 Å². The molecule has 1 spiro atoms. The van der Waals surface area contributed by atoms with Crippen LogP contribution in [0.5, 0.6) is 0 Å². The lowest BCUT2D eigenvalue weighted by Gasteiger charge is -2.20. The second-order valence-corrected chi connectivity index (χ2v) is 8.57. The molecule has 0 aliphatic carbocycles. The van der Waals surface area contributed by atoms with Gasteiger partial charge in [0.25, 0.3) is 0 Å². The van der Waals surface area contributed by atoms with Gasteiger partial charge in [-0.05, 0) is 0 Å². The van der Waals surface area contributed by atoms with Gasteiger partial charge in [0.05, 0.1) is 0 Å². The third-order valence-electron chi connectivity index (χ3n) is 4.56. The summed E-state index contributed by atoms with van der Waals surface area (Å²) in [4.78, 5) is 0. The molecule has 28 heavy (non-hydrogen) atoms. The van der Waals surface area contributed by atoms with E-state index in [1.54, 1.807) is 4.78 Å². The van der Waals surface area contributed by atoms with Crippen LogP contribution in [0.15, 0.2) is 101 Å². The minimum absolute atomic E-state index is 0.623. The normalized spacial score (nSPS) is 17.2. The van der Waals surface area contributed by atoms with Crippen LogP contribution in [0.3, 0.4) is 0 Å². The van der Waals surface area contributed by atoms with E-state index in [2.05, 4.69) is 5.10 Å². The molecule has 0 radical (unpaired) electrons. The Balaban J connectivity index is 1.61. The fourth-order valence-corrected chi connectivity index (χ4v) is 5.08. The zero-order chi connectivity index (χ0) is 19.0. The monoisotopic (exact) mass is 387 g/mol. The topological polar surface area (TPSA) is 46.4 Å². The Morgan fingerprint density at radius 3 is 1.54 bits per heavy atom. The summed E-state index contributed by atoms with van der Waals surface area (Å²) in [7, 11) is -0.922. The van der Waals surface area contributed by atoms with Gasteiger partial charge in [0.15, 0.2) is 17.4 Å². The zero-order valence-corrected chi connectivity index (χ0v) is 16.2. The number of amidine groups is 1. The maximum Gasteiger partial charge on any atom is 0.448 e. The Morgan fingerprint density at radius 2 is 1.07 bits per heavy atom. The van der Waals surface area contributed by atoms with Crippen LogP contribution in [0.1, 0.15) is 16.7 Å². The van der Waals surface area contributed by atoms with E-state index in [1.807, 2.05) is 98.0 Å². The molecule has 3 aromatic carbocycles. The maximum atomic E-state index is 6.44. The van der Waals surface area contributed by atoms with Gasteiger partial charge in [0.1, 0.15) is 0 Å². The van der Waals surface area contributed by atoms with Crippen molar-refractivity contribution in [3.05, 3.63) is 108 Å². The van der Waals surface area contributed by atoms with E-state index in [1.165, 1.54) is 0 Å². The van der Waals surface area contributed by atoms with Gasteiger partial charge in [-0.2, -0.15) is 9.52 Å². The van der Waals surface area contributed by atoms with Crippen LogP contribution >= 0.6 is 7.66 Å². The van der Waals surface area contributed by atoms with E-state index >= 15 is 0 Å². The number of nitrogens with zero attached hydrogens (tertiary/aromatic N) is 3. The highest BCUT2D eigenvalue weighted by Gasteiger charge is 2.45. The van der Waals surface area contributed by atoms with Gasteiger partial charge >= 0.3 is 7.66 Å². The number of benzene rings is 3. The molecule has 0 unspecified atom stereocenters. The summed E-state index contributed by atoms with van der Waals surface area (Å²) < 4.78 is 19.4. The molecule has 5 rings (SSSR count). The quantitative estimate of drug-likeness (QED) is 0.533. The lowest BCUT2D eigenvalue weighted by atomic mass is 10.1. The van der Waals surface area contributed by atoms with Crippen molar-refractivity contribution < 1.29 is 9.05 Å². The number of hydrogen-bond donors (Lipinski definition) is 0. The molecule has 6 heteroatoms. The second-order valence-electron chi connectivity index (χ2n) is 6.44. The summed E-state index contributed by atoms with van der Waals surface area (Å²) >= 11 is 0. The minimum Gasteiger partial charge on any atom is -0.409 e. The van der Waals surface area contributed by atoms with Crippen LogP contribution in [0, 0.1) is 0 Å². The molecule has 0 saturated carbocycles. The number of hydrogen-bond acceptors (Lipinski definition) is 5. The third kappa shape index (κ3) is 2.81. The summed E-state index contributed by atoms with van der Waals surface area (Å²) in [5.74, 6) is 2.01. The zero-order valence-electron chi connectivity index (χ0n) is 15.3. The average Bonchev–Trinajstić information content (AvgIpc) is 3.31. The molecular formula is C22H18N3O2P. The highest BCUT2D eigenvalue weighted by molar-refractivity contribution is 7.55. The van der Waals surface area contributed by atoms with Gasteiger partial charge in [-0.3, -0.25) is 0 Å². The molecular weight excluding hydrogens is 369 g/mol. The molecule has 2 heterocycles. The van der Waals surface area contributed by atoms with E-state index in [4.69, 9.17) is 13.8 Å². The molecule has 0 atom stereocenters. The van der Waals surface area contributed by atoms with Gasteiger partial charge in [-0.15, -0.1) is 5.10 Å². The molecule has 0 aromatic heterocycles. The lowest BCUT2D eigenvalue weighted by Crippen LogP contribution is -2.05. The fourth-order valence-electron chi connectivity index (χ4n) is 3.15. The highest BCUT2D eigenvalue weighted by Crippen LogP contribution is 2.68. The third-order valence-corrected chi connectivity index (χ3v) is 6.66. The predicted octanol–water partition coefficient (Wildman–Crippen LogP) is 5.81. The van der Waals surface area contributed by atoms with Gasteiger partial charge in [-0.1, -0.05) is 91.0 Å². The Morgan fingerprint density at radius 1 is 0.643 bits per heavy atom. The SMILES string of the molecule is CN1N=C(c2ccccc2)N=P12OC(c1ccccc1)=C(c1ccccc1)O2. The summed E-state index contributed by atoms with van der Waals surface area (Å²) in [5, 5.41) is 4.61. The van der Waals surface area contributed by atoms with Crippen LogP contribution in [0.4, 0.5) is 0 Å². The number of hydrazone groups is 1. The van der Waals surface area contributed by atoms with Crippen LogP contribution in [-0.2, 0) is 9.05 Å². The molecule has 0 saturated heterocycles. The molecule has 0 amide bonds. The largest absolute Gasteiger partial charge is 0.448 e. The molecule has 2 aliphatic rings. The average molecular weight is 387 g/mol. The first-order valence-corrected chi connectivity index (χ1v) is 10.5. The molecule has 0 bridgehead atoms. The van der Waals surface area contributed by atoms with Crippen molar-refractivity contribution in [2.45, 2.75) is 0 Å². The van der Waals surface area contributed by atoms with E-state index in [0.29, 0.717) is 17.4 Å². The summed E-state index contributed by atoms with van der Waals surface area (Å²) in [5.41, 5.74) is 2.85. The van der Waals surface area contributed by atoms with E-state index in [-0.39, 0.29) is 0 Å². The van der Waals surface area contributed by atoms with Gasteiger partial charge in [0, 0.05) is 23.7 Å². The van der Waals surface area contributed by atoms with Crippen LogP contribution in [0.2, 0.25) is 0 Å². The molecule has 138 valence electrons. The Bertz CT molecular complexity index is 1070. The Hall–Kier alpha value is -3.30.